The molecule has 2 N–H and O–H groups in total. The summed E-state index contributed by atoms with van der Waals surface area (Å²) in [5, 5.41) is 3.40. The highest BCUT2D eigenvalue weighted by Gasteiger charge is 2.15. The molecule has 0 bridgehead atoms. The minimum atomic E-state index is 0.791. The Hall–Kier alpha value is -1.35. The molecule has 1 aliphatic rings. The van der Waals surface area contributed by atoms with Gasteiger partial charge in [0.25, 0.3) is 0 Å². The lowest BCUT2D eigenvalue weighted by molar-refractivity contribution is 0.579. The van der Waals surface area contributed by atoms with Crippen LogP contribution in [0.2, 0.25) is 0 Å². The predicted octanol–water partition coefficient (Wildman–Crippen LogP) is 1.71. The first-order valence-electron chi connectivity index (χ1n) is 5.54. The number of aromatic amines is 1. The van der Waals surface area contributed by atoms with E-state index in [1.807, 2.05) is 18.5 Å². The molecule has 0 unspecified atom stereocenters. The molecule has 0 saturated carbocycles. The third kappa shape index (κ3) is 1.75. The SMILES string of the molecule is c1cc2ncc(C[C@@H]3CCNC3)cc2[nH]1. The second kappa shape index (κ2) is 3.66. The molecule has 3 heteroatoms. The summed E-state index contributed by atoms with van der Waals surface area (Å²) in [6, 6.07) is 4.23. The number of hydrogen-bond acceptors (Lipinski definition) is 2. The molecule has 1 saturated heterocycles. The van der Waals surface area contributed by atoms with Crippen molar-refractivity contribution in [1.29, 1.82) is 0 Å². The van der Waals surface area contributed by atoms with Gasteiger partial charge in [0.15, 0.2) is 0 Å². The maximum atomic E-state index is 4.43. The number of rotatable bonds is 2. The summed E-state index contributed by atoms with van der Waals surface area (Å²) >= 11 is 0. The summed E-state index contributed by atoms with van der Waals surface area (Å²) < 4.78 is 0. The summed E-state index contributed by atoms with van der Waals surface area (Å²) in [5.41, 5.74) is 3.56. The average molecular weight is 201 g/mol. The first-order chi connectivity index (χ1) is 7.42. The van der Waals surface area contributed by atoms with Crippen molar-refractivity contribution in [1.82, 2.24) is 15.3 Å². The smallest absolute Gasteiger partial charge is 0.0878 e. The second-order valence-corrected chi connectivity index (χ2v) is 4.32. The lowest BCUT2D eigenvalue weighted by Crippen LogP contribution is -2.10. The minimum Gasteiger partial charge on any atom is -0.360 e. The van der Waals surface area contributed by atoms with Gasteiger partial charge in [-0.1, -0.05) is 0 Å². The van der Waals surface area contributed by atoms with Gasteiger partial charge in [0.1, 0.15) is 0 Å². The Morgan fingerprint density at radius 2 is 2.47 bits per heavy atom. The molecule has 0 amide bonds. The van der Waals surface area contributed by atoms with E-state index in [9.17, 15) is 0 Å². The zero-order valence-electron chi connectivity index (χ0n) is 8.66. The van der Waals surface area contributed by atoms with Gasteiger partial charge in [-0.05, 0) is 49.5 Å². The van der Waals surface area contributed by atoms with Crippen LogP contribution in [0.5, 0.6) is 0 Å². The lowest BCUT2D eigenvalue weighted by Gasteiger charge is -2.07. The highest BCUT2D eigenvalue weighted by Crippen LogP contribution is 2.17. The van der Waals surface area contributed by atoms with Crippen LogP contribution in [0.4, 0.5) is 0 Å². The van der Waals surface area contributed by atoms with Crippen LogP contribution < -0.4 is 5.32 Å². The fourth-order valence-corrected chi connectivity index (χ4v) is 2.31. The number of hydrogen-bond donors (Lipinski definition) is 2. The van der Waals surface area contributed by atoms with Gasteiger partial charge in [-0.2, -0.15) is 0 Å². The molecule has 3 nitrogen and oxygen atoms in total. The van der Waals surface area contributed by atoms with E-state index in [1.165, 1.54) is 18.5 Å². The highest BCUT2D eigenvalue weighted by atomic mass is 14.9. The normalized spacial score (nSPS) is 21.2. The van der Waals surface area contributed by atoms with E-state index in [0.717, 1.165) is 29.9 Å². The molecule has 0 radical (unpaired) electrons. The molecule has 1 atom stereocenters. The fourth-order valence-electron chi connectivity index (χ4n) is 2.31. The van der Waals surface area contributed by atoms with Crippen molar-refractivity contribution in [2.24, 2.45) is 5.92 Å². The fraction of sp³-hybridized carbons (Fsp3) is 0.417. The van der Waals surface area contributed by atoms with Gasteiger partial charge < -0.3 is 10.3 Å². The van der Waals surface area contributed by atoms with E-state index >= 15 is 0 Å². The first-order valence-corrected chi connectivity index (χ1v) is 5.54. The monoisotopic (exact) mass is 201 g/mol. The van der Waals surface area contributed by atoms with Crippen LogP contribution in [-0.4, -0.2) is 23.1 Å². The Labute approximate surface area is 88.9 Å². The highest BCUT2D eigenvalue weighted by molar-refractivity contribution is 5.74. The van der Waals surface area contributed by atoms with Gasteiger partial charge >= 0.3 is 0 Å². The van der Waals surface area contributed by atoms with Crippen molar-refractivity contribution >= 4 is 11.0 Å². The number of H-pyrrole nitrogens is 1. The number of pyridine rings is 1. The maximum absolute atomic E-state index is 4.43. The molecule has 1 aliphatic heterocycles. The molecule has 0 spiro atoms. The second-order valence-electron chi connectivity index (χ2n) is 4.32. The third-order valence-electron chi connectivity index (χ3n) is 3.14. The maximum Gasteiger partial charge on any atom is 0.0878 e. The Morgan fingerprint density at radius 1 is 1.47 bits per heavy atom. The van der Waals surface area contributed by atoms with Crippen molar-refractivity contribution in [3.63, 3.8) is 0 Å². The van der Waals surface area contributed by atoms with Gasteiger partial charge in [0.2, 0.25) is 0 Å². The molecule has 15 heavy (non-hydrogen) atoms. The number of fused-ring (bicyclic) bond motifs is 1. The van der Waals surface area contributed by atoms with E-state index in [-0.39, 0.29) is 0 Å². The van der Waals surface area contributed by atoms with E-state index in [1.54, 1.807) is 0 Å². The largest absolute Gasteiger partial charge is 0.360 e. The third-order valence-corrected chi connectivity index (χ3v) is 3.14. The van der Waals surface area contributed by atoms with Crippen molar-refractivity contribution in [3.8, 4) is 0 Å². The molecule has 2 aromatic rings. The molecular formula is C12H15N3. The Balaban J connectivity index is 1.84. The van der Waals surface area contributed by atoms with E-state index in [4.69, 9.17) is 0 Å². The molecule has 3 rings (SSSR count). The number of nitrogens with zero attached hydrogens (tertiary/aromatic N) is 1. The van der Waals surface area contributed by atoms with Gasteiger partial charge in [-0.15, -0.1) is 0 Å². The zero-order chi connectivity index (χ0) is 10.1. The van der Waals surface area contributed by atoms with Crippen molar-refractivity contribution in [2.45, 2.75) is 12.8 Å². The molecule has 0 aromatic carbocycles. The van der Waals surface area contributed by atoms with Crippen LogP contribution in [0.1, 0.15) is 12.0 Å². The standard InChI is InChI=1S/C12H15N3/c1-3-13-7-9(1)5-10-6-12-11(15-8-10)2-4-14-12/h2,4,6,8-9,13-14H,1,3,5,7H2/t9-/m0/s1. The first kappa shape index (κ1) is 8.92. The van der Waals surface area contributed by atoms with Gasteiger partial charge in [-0.25, -0.2) is 0 Å². The number of aromatic nitrogens is 2. The van der Waals surface area contributed by atoms with Crippen LogP contribution in [0.15, 0.2) is 24.5 Å². The van der Waals surface area contributed by atoms with Crippen LogP contribution in [-0.2, 0) is 6.42 Å². The molecule has 3 heterocycles. The molecular weight excluding hydrogens is 186 g/mol. The number of nitrogens with one attached hydrogen (secondary N) is 2. The zero-order valence-corrected chi connectivity index (χ0v) is 8.66. The van der Waals surface area contributed by atoms with Crippen molar-refractivity contribution in [2.75, 3.05) is 13.1 Å². The van der Waals surface area contributed by atoms with Crippen LogP contribution in [0.3, 0.4) is 0 Å². The Bertz CT molecular complexity index is 455. The van der Waals surface area contributed by atoms with Gasteiger partial charge in [0, 0.05) is 12.4 Å². The van der Waals surface area contributed by atoms with Crippen LogP contribution in [0.25, 0.3) is 11.0 Å². The summed E-state index contributed by atoms with van der Waals surface area (Å²) in [6.07, 6.45) is 6.39. The Kier molecular flexibility index (Phi) is 2.18. The summed E-state index contributed by atoms with van der Waals surface area (Å²) in [5.74, 6) is 0.791. The van der Waals surface area contributed by atoms with Crippen LogP contribution >= 0.6 is 0 Å². The average Bonchev–Trinajstić information content (AvgIpc) is 2.87. The topological polar surface area (TPSA) is 40.7 Å². The van der Waals surface area contributed by atoms with E-state index < -0.39 is 0 Å². The molecule has 2 aromatic heterocycles. The van der Waals surface area contributed by atoms with Crippen molar-refractivity contribution < 1.29 is 0 Å². The summed E-state index contributed by atoms with van der Waals surface area (Å²) in [6.45, 7) is 2.33. The Morgan fingerprint density at radius 3 is 3.33 bits per heavy atom. The van der Waals surface area contributed by atoms with Gasteiger partial charge in [0.05, 0.1) is 11.0 Å². The minimum absolute atomic E-state index is 0.791. The lowest BCUT2D eigenvalue weighted by atomic mass is 10.00. The molecule has 0 aliphatic carbocycles. The van der Waals surface area contributed by atoms with Crippen LogP contribution in [0, 0.1) is 5.92 Å². The molecule has 78 valence electrons. The summed E-state index contributed by atoms with van der Waals surface area (Å²) in [4.78, 5) is 7.64. The predicted molar refractivity (Wildman–Crippen MR) is 60.8 cm³/mol. The van der Waals surface area contributed by atoms with E-state index in [0.29, 0.717) is 0 Å². The van der Waals surface area contributed by atoms with E-state index in [2.05, 4.69) is 21.4 Å². The van der Waals surface area contributed by atoms with Gasteiger partial charge in [-0.3, -0.25) is 4.98 Å². The molecule has 1 fully saturated rings. The van der Waals surface area contributed by atoms with Crippen molar-refractivity contribution in [3.05, 3.63) is 30.1 Å². The quantitative estimate of drug-likeness (QED) is 0.776. The summed E-state index contributed by atoms with van der Waals surface area (Å²) in [7, 11) is 0.